The summed E-state index contributed by atoms with van der Waals surface area (Å²) in [5, 5.41) is 17.2. The Labute approximate surface area is 87.1 Å². The van der Waals surface area contributed by atoms with Gasteiger partial charge in [0, 0.05) is 5.92 Å². The van der Waals surface area contributed by atoms with Gasteiger partial charge in [-0.15, -0.1) is 10.2 Å². The number of aromatic nitrogens is 3. The summed E-state index contributed by atoms with van der Waals surface area (Å²) in [6.45, 7) is 0. The topological polar surface area (TPSA) is 68.0 Å². The first kappa shape index (κ1) is 8.88. The lowest BCUT2D eigenvalue weighted by molar-refractivity contribution is -0.152. The summed E-state index contributed by atoms with van der Waals surface area (Å²) in [4.78, 5) is 11.3. The molecule has 80 valence electrons. The van der Waals surface area contributed by atoms with Gasteiger partial charge >= 0.3 is 5.97 Å². The molecule has 2 saturated carbocycles. The summed E-state index contributed by atoms with van der Waals surface area (Å²) in [7, 11) is 0. The van der Waals surface area contributed by atoms with Crippen molar-refractivity contribution in [1.29, 1.82) is 0 Å². The van der Waals surface area contributed by atoms with E-state index in [1.165, 1.54) is 0 Å². The molecule has 0 bridgehead atoms. The highest BCUT2D eigenvalue weighted by atomic mass is 16.4. The Hall–Kier alpha value is -1.39. The number of hydrogen-bond donors (Lipinski definition) is 1. The van der Waals surface area contributed by atoms with Crippen molar-refractivity contribution >= 4 is 5.97 Å². The lowest BCUT2D eigenvalue weighted by atomic mass is 9.76. The molecule has 3 rings (SSSR count). The van der Waals surface area contributed by atoms with Crippen LogP contribution in [0.5, 0.6) is 0 Å². The van der Waals surface area contributed by atoms with E-state index in [0.717, 1.165) is 25.1 Å². The minimum atomic E-state index is -0.740. The van der Waals surface area contributed by atoms with Crippen LogP contribution >= 0.6 is 0 Å². The van der Waals surface area contributed by atoms with Crippen LogP contribution in [0.15, 0.2) is 6.33 Å². The van der Waals surface area contributed by atoms with E-state index >= 15 is 0 Å². The molecule has 0 aliphatic heterocycles. The number of hydrogen-bond acceptors (Lipinski definition) is 3. The average molecular weight is 207 g/mol. The zero-order valence-corrected chi connectivity index (χ0v) is 8.39. The second-order valence-electron chi connectivity index (χ2n) is 4.52. The molecular formula is C10H13N3O2. The number of nitrogens with zero attached hydrogens (tertiary/aromatic N) is 3. The largest absolute Gasteiger partial charge is 0.479 e. The number of carboxylic acid groups (broad SMARTS) is 1. The van der Waals surface area contributed by atoms with Crippen molar-refractivity contribution in [3.8, 4) is 0 Å². The predicted molar refractivity (Wildman–Crippen MR) is 51.5 cm³/mol. The van der Waals surface area contributed by atoms with Gasteiger partial charge in [0.05, 0.1) is 0 Å². The molecule has 15 heavy (non-hydrogen) atoms. The monoisotopic (exact) mass is 207 g/mol. The highest BCUT2D eigenvalue weighted by Gasteiger charge is 2.48. The van der Waals surface area contributed by atoms with E-state index in [0.29, 0.717) is 18.8 Å². The van der Waals surface area contributed by atoms with Crippen LogP contribution < -0.4 is 0 Å². The smallest absolute Gasteiger partial charge is 0.329 e. The maximum atomic E-state index is 11.3. The van der Waals surface area contributed by atoms with Gasteiger partial charge in [-0.2, -0.15) is 0 Å². The minimum absolute atomic E-state index is 0.448. The summed E-state index contributed by atoms with van der Waals surface area (Å²) in [5.74, 6) is 0.580. The van der Waals surface area contributed by atoms with Crippen LogP contribution in [0.4, 0.5) is 0 Å². The van der Waals surface area contributed by atoms with Crippen LogP contribution in [0.3, 0.4) is 0 Å². The highest BCUT2D eigenvalue weighted by molar-refractivity contribution is 5.78. The van der Waals surface area contributed by atoms with Gasteiger partial charge in [0.25, 0.3) is 0 Å². The molecule has 1 N–H and O–H groups in total. The molecule has 0 aromatic carbocycles. The third kappa shape index (κ3) is 1.12. The van der Waals surface area contributed by atoms with Crippen LogP contribution in [0.2, 0.25) is 0 Å². The molecular weight excluding hydrogens is 194 g/mol. The molecule has 2 aliphatic carbocycles. The fourth-order valence-electron chi connectivity index (χ4n) is 2.26. The zero-order valence-electron chi connectivity index (χ0n) is 8.39. The molecule has 5 nitrogen and oxygen atoms in total. The summed E-state index contributed by atoms with van der Waals surface area (Å²) in [6, 6.07) is 0. The SMILES string of the molecule is O=C(O)C1(n2cnnc2C2CC2)CCC1. The Kier molecular flexibility index (Phi) is 1.66. The Morgan fingerprint density at radius 3 is 2.73 bits per heavy atom. The fourth-order valence-corrected chi connectivity index (χ4v) is 2.26. The summed E-state index contributed by atoms with van der Waals surface area (Å²) >= 11 is 0. The van der Waals surface area contributed by atoms with Crippen molar-refractivity contribution in [2.24, 2.45) is 0 Å². The van der Waals surface area contributed by atoms with Gasteiger partial charge in [-0.3, -0.25) is 0 Å². The quantitative estimate of drug-likeness (QED) is 0.806. The summed E-state index contributed by atoms with van der Waals surface area (Å²) < 4.78 is 1.80. The van der Waals surface area contributed by atoms with Gasteiger partial charge in [0.1, 0.15) is 17.7 Å². The molecule has 0 amide bonds. The van der Waals surface area contributed by atoms with Crippen LogP contribution in [0.1, 0.15) is 43.8 Å². The van der Waals surface area contributed by atoms with E-state index in [1.807, 2.05) is 0 Å². The molecule has 0 atom stereocenters. The average Bonchev–Trinajstić information content (AvgIpc) is 2.85. The van der Waals surface area contributed by atoms with Crippen molar-refractivity contribution in [1.82, 2.24) is 14.8 Å². The lowest BCUT2D eigenvalue weighted by Gasteiger charge is -2.39. The van der Waals surface area contributed by atoms with Crippen LogP contribution in [0.25, 0.3) is 0 Å². The van der Waals surface area contributed by atoms with E-state index in [1.54, 1.807) is 10.9 Å². The third-order valence-corrected chi connectivity index (χ3v) is 3.56. The molecule has 2 fully saturated rings. The molecule has 0 radical (unpaired) electrons. The van der Waals surface area contributed by atoms with Crippen molar-refractivity contribution in [3.63, 3.8) is 0 Å². The Morgan fingerprint density at radius 1 is 1.53 bits per heavy atom. The second-order valence-corrected chi connectivity index (χ2v) is 4.52. The van der Waals surface area contributed by atoms with E-state index in [2.05, 4.69) is 10.2 Å². The number of rotatable bonds is 3. The van der Waals surface area contributed by atoms with Gasteiger partial charge < -0.3 is 9.67 Å². The first-order valence-electron chi connectivity index (χ1n) is 5.38. The number of carboxylic acids is 1. The third-order valence-electron chi connectivity index (χ3n) is 3.56. The van der Waals surface area contributed by atoms with Gasteiger partial charge in [-0.05, 0) is 32.1 Å². The Morgan fingerprint density at radius 2 is 2.27 bits per heavy atom. The van der Waals surface area contributed by atoms with Crippen LogP contribution in [-0.2, 0) is 10.3 Å². The first-order valence-corrected chi connectivity index (χ1v) is 5.38. The summed E-state index contributed by atoms with van der Waals surface area (Å²) in [6.07, 6.45) is 6.22. The molecule has 0 spiro atoms. The fraction of sp³-hybridized carbons (Fsp3) is 0.700. The molecule has 1 heterocycles. The van der Waals surface area contributed by atoms with E-state index in [4.69, 9.17) is 0 Å². The van der Waals surface area contributed by atoms with Crippen LogP contribution in [-0.4, -0.2) is 25.8 Å². The lowest BCUT2D eigenvalue weighted by Crippen LogP contribution is -2.48. The molecule has 1 aromatic rings. The Balaban J connectivity index is 2.02. The number of carbonyl (C=O) groups is 1. The van der Waals surface area contributed by atoms with Crippen molar-refractivity contribution in [3.05, 3.63) is 12.2 Å². The predicted octanol–water partition coefficient (Wildman–Crippen LogP) is 1.12. The summed E-state index contributed by atoms with van der Waals surface area (Å²) in [5.41, 5.74) is -0.735. The second kappa shape index (κ2) is 2.81. The van der Waals surface area contributed by atoms with Gasteiger partial charge in [-0.25, -0.2) is 4.79 Å². The molecule has 1 aromatic heterocycles. The van der Waals surface area contributed by atoms with E-state index < -0.39 is 11.5 Å². The highest BCUT2D eigenvalue weighted by Crippen LogP contribution is 2.45. The van der Waals surface area contributed by atoms with Gasteiger partial charge in [0.15, 0.2) is 0 Å². The number of aliphatic carboxylic acids is 1. The van der Waals surface area contributed by atoms with Crippen molar-refractivity contribution < 1.29 is 9.90 Å². The zero-order chi connectivity index (χ0) is 10.5. The molecule has 0 saturated heterocycles. The van der Waals surface area contributed by atoms with Gasteiger partial charge in [-0.1, -0.05) is 0 Å². The maximum Gasteiger partial charge on any atom is 0.329 e. The van der Waals surface area contributed by atoms with Crippen LogP contribution in [0, 0.1) is 0 Å². The van der Waals surface area contributed by atoms with Gasteiger partial charge in [0.2, 0.25) is 0 Å². The normalized spacial score (nSPS) is 23.5. The molecule has 0 unspecified atom stereocenters. The minimum Gasteiger partial charge on any atom is -0.479 e. The molecule has 5 heteroatoms. The maximum absolute atomic E-state index is 11.3. The van der Waals surface area contributed by atoms with Crippen molar-refractivity contribution in [2.45, 2.75) is 43.6 Å². The van der Waals surface area contributed by atoms with Crippen molar-refractivity contribution in [2.75, 3.05) is 0 Å². The van der Waals surface area contributed by atoms with E-state index in [-0.39, 0.29) is 0 Å². The standard InChI is InChI=1S/C10H13N3O2/c14-9(15)10(4-1-5-10)13-6-11-12-8(13)7-2-3-7/h6-7H,1-5H2,(H,14,15). The van der Waals surface area contributed by atoms with E-state index in [9.17, 15) is 9.90 Å². The Bertz CT molecular complexity index is 405. The first-order chi connectivity index (χ1) is 7.24. The molecule has 2 aliphatic rings.